The van der Waals surface area contributed by atoms with Crippen molar-refractivity contribution in [3.05, 3.63) is 65.5 Å². The van der Waals surface area contributed by atoms with Crippen LogP contribution in [-0.4, -0.2) is 48.0 Å². The van der Waals surface area contributed by atoms with Gasteiger partial charge in [0.1, 0.15) is 5.82 Å². The number of nitriles is 1. The van der Waals surface area contributed by atoms with Crippen LogP contribution in [0.4, 0.5) is 19.7 Å². The topological polar surface area (TPSA) is 88.5 Å². The Labute approximate surface area is 168 Å². The lowest BCUT2D eigenvalue weighted by Crippen LogP contribution is -2.43. The Morgan fingerprint density at radius 1 is 0.931 bits per heavy atom. The molecule has 0 aliphatic carbocycles. The number of carbonyl (C=O) groups excluding carboxylic acids is 2. The van der Waals surface area contributed by atoms with Gasteiger partial charge in [-0.1, -0.05) is 12.1 Å². The van der Waals surface area contributed by atoms with Gasteiger partial charge in [0.15, 0.2) is 0 Å². The lowest BCUT2D eigenvalue weighted by atomic mass is 10.2. The van der Waals surface area contributed by atoms with Crippen molar-refractivity contribution in [2.45, 2.75) is 13.0 Å². The van der Waals surface area contributed by atoms with Crippen molar-refractivity contribution in [3.63, 3.8) is 0 Å². The van der Waals surface area contributed by atoms with E-state index < -0.39 is 0 Å². The highest BCUT2D eigenvalue weighted by atomic mass is 19.1. The van der Waals surface area contributed by atoms with Gasteiger partial charge in [0.25, 0.3) is 0 Å². The zero-order valence-electron chi connectivity index (χ0n) is 15.9. The molecule has 1 aliphatic rings. The molecule has 1 heterocycles. The summed E-state index contributed by atoms with van der Waals surface area (Å²) in [5.41, 5.74) is 1.96. The Morgan fingerprint density at radius 2 is 1.55 bits per heavy atom. The standard InChI is InChI=1S/C21H22FN5O2/c22-18-6-2-17(3-7-18)15-24-20(28)26-10-1-11-27(13-12-26)21(29)25-19-8-4-16(14-23)5-9-19/h2-9H,1,10-13,15H2,(H,24,28)(H,25,29). The van der Waals surface area contributed by atoms with E-state index in [0.717, 1.165) is 5.56 Å². The zero-order chi connectivity index (χ0) is 20.6. The number of rotatable bonds is 3. The maximum absolute atomic E-state index is 12.9. The number of nitrogens with one attached hydrogen (secondary N) is 2. The molecule has 7 nitrogen and oxygen atoms in total. The van der Waals surface area contributed by atoms with E-state index in [0.29, 0.717) is 50.4 Å². The van der Waals surface area contributed by atoms with Gasteiger partial charge in [0.05, 0.1) is 11.6 Å². The molecule has 0 unspecified atom stereocenters. The molecule has 0 bridgehead atoms. The fourth-order valence-corrected chi connectivity index (χ4v) is 3.05. The summed E-state index contributed by atoms with van der Waals surface area (Å²) in [6.07, 6.45) is 0.671. The molecule has 29 heavy (non-hydrogen) atoms. The molecular formula is C21H22FN5O2. The van der Waals surface area contributed by atoms with Crippen LogP contribution in [0.5, 0.6) is 0 Å². The molecule has 4 amide bonds. The Kier molecular flexibility index (Phi) is 6.63. The van der Waals surface area contributed by atoms with Crippen LogP contribution < -0.4 is 10.6 Å². The number of urea groups is 2. The lowest BCUT2D eigenvalue weighted by molar-refractivity contribution is 0.195. The molecule has 1 saturated heterocycles. The normalized spacial score (nSPS) is 13.9. The van der Waals surface area contributed by atoms with Crippen molar-refractivity contribution in [1.82, 2.24) is 15.1 Å². The quantitative estimate of drug-likeness (QED) is 0.837. The summed E-state index contributed by atoms with van der Waals surface area (Å²) in [7, 11) is 0. The highest BCUT2D eigenvalue weighted by Crippen LogP contribution is 2.11. The Morgan fingerprint density at radius 3 is 2.17 bits per heavy atom. The number of anilines is 1. The number of carbonyl (C=O) groups is 2. The SMILES string of the molecule is N#Cc1ccc(NC(=O)N2CCCN(C(=O)NCc3ccc(F)cc3)CC2)cc1. The van der Waals surface area contributed by atoms with Crippen LogP contribution in [0, 0.1) is 17.1 Å². The van der Waals surface area contributed by atoms with Gasteiger partial charge in [-0.15, -0.1) is 0 Å². The van der Waals surface area contributed by atoms with Crippen molar-refractivity contribution in [3.8, 4) is 6.07 Å². The molecule has 3 rings (SSSR count). The summed E-state index contributed by atoms with van der Waals surface area (Å²) in [5.74, 6) is -0.313. The van der Waals surface area contributed by atoms with E-state index in [-0.39, 0.29) is 17.9 Å². The summed E-state index contributed by atoms with van der Waals surface area (Å²) in [5, 5.41) is 14.5. The first-order chi connectivity index (χ1) is 14.0. The highest BCUT2D eigenvalue weighted by Gasteiger charge is 2.22. The van der Waals surface area contributed by atoms with Crippen molar-refractivity contribution >= 4 is 17.7 Å². The fourth-order valence-electron chi connectivity index (χ4n) is 3.05. The van der Waals surface area contributed by atoms with Crippen LogP contribution >= 0.6 is 0 Å². The van der Waals surface area contributed by atoms with E-state index in [1.807, 2.05) is 6.07 Å². The molecule has 1 fully saturated rings. The maximum atomic E-state index is 12.9. The second-order valence-electron chi connectivity index (χ2n) is 6.73. The molecule has 2 aromatic carbocycles. The molecule has 0 atom stereocenters. The number of halogens is 1. The van der Waals surface area contributed by atoms with Gasteiger partial charge in [0.2, 0.25) is 0 Å². The average molecular weight is 395 g/mol. The second-order valence-corrected chi connectivity index (χ2v) is 6.73. The molecule has 2 N–H and O–H groups in total. The smallest absolute Gasteiger partial charge is 0.321 e. The second kappa shape index (κ2) is 9.55. The van der Waals surface area contributed by atoms with Crippen LogP contribution in [0.1, 0.15) is 17.5 Å². The van der Waals surface area contributed by atoms with Crippen LogP contribution in [0.25, 0.3) is 0 Å². The minimum atomic E-state index is -0.313. The molecule has 0 aromatic heterocycles. The zero-order valence-corrected chi connectivity index (χ0v) is 15.9. The van der Waals surface area contributed by atoms with E-state index in [1.54, 1.807) is 46.2 Å². The number of hydrogen-bond donors (Lipinski definition) is 2. The molecular weight excluding hydrogens is 373 g/mol. The molecule has 0 saturated carbocycles. The van der Waals surface area contributed by atoms with Gasteiger partial charge in [-0.3, -0.25) is 0 Å². The fraction of sp³-hybridized carbons (Fsp3) is 0.286. The van der Waals surface area contributed by atoms with Gasteiger partial charge >= 0.3 is 12.1 Å². The largest absolute Gasteiger partial charge is 0.334 e. The molecule has 150 valence electrons. The van der Waals surface area contributed by atoms with E-state index in [2.05, 4.69) is 10.6 Å². The molecule has 1 aliphatic heterocycles. The van der Waals surface area contributed by atoms with E-state index in [1.165, 1.54) is 12.1 Å². The third kappa shape index (κ3) is 5.69. The van der Waals surface area contributed by atoms with Crippen molar-refractivity contribution < 1.29 is 14.0 Å². The predicted molar refractivity (Wildman–Crippen MR) is 107 cm³/mol. The molecule has 0 radical (unpaired) electrons. The molecule has 0 spiro atoms. The van der Waals surface area contributed by atoms with Gasteiger partial charge in [-0.05, 0) is 48.4 Å². The first-order valence-electron chi connectivity index (χ1n) is 9.38. The summed E-state index contributed by atoms with van der Waals surface area (Å²) in [6.45, 7) is 2.26. The molecule has 2 aromatic rings. The summed E-state index contributed by atoms with van der Waals surface area (Å²) >= 11 is 0. The van der Waals surface area contributed by atoms with Crippen LogP contribution in [0.2, 0.25) is 0 Å². The third-order valence-corrected chi connectivity index (χ3v) is 4.69. The lowest BCUT2D eigenvalue weighted by Gasteiger charge is -2.23. The van der Waals surface area contributed by atoms with E-state index in [4.69, 9.17) is 5.26 Å². The first kappa shape index (κ1) is 20.1. The van der Waals surface area contributed by atoms with Crippen molar-refractivity contribution in [1.29, 1.82) is 5.26 Å². The van der Waals surface area contributed by atoms with Crippen LogP contribution in [0.15, 0.2) is 48.5 Å². The Bertz CT molecular complexity index is 893. The Balaban J connectivity index is 1.48. The Hall–Kier alpha value is -3.60. The minimum Gasteiger partial charge on any atom is -0.334 e. The van der Waals surface area contributed by atoms with Gasteiger partial charge in [0, 0.05) is 38.4 Å². The van der Waals surface area contributed by atoms with Gasteiger partial charge in [-0.2, -0.15) is 5.26 Å². The van der Waals surface area contributed by atoms with E-state index >= 15 is 0 Å². The van der Waals surface area contributed by atoms with Crippen molar-refractivity contribution in [2.24, 2.45) is 0 Å². The minimum absolute atomic E-state index is 0.205. The number of hydrogen-bond acceptors (Lipinski definition) is 3. The first-order valence-corrected chi connectivity index (χ1v) is 9.38. The summed E-state index contributed by atoms with van der Waals surface area (Å²) < 4.78 is 12.9. The molecule has 8 heteroatoms. The predicted octanol–water partition coefficient (Wildman–Crippen LogP) is 3.15. The van der Waals surface area contributed by atoms with Gasteiger partial charge in [-0.25, -0.2) is 14.0 Å². The van der Waals surface area contributed by atoms with Crippen LogP contribution in [-0.2, 0) is 6.54 Å². The summed E-state index contributed by atoms with van der Waals surface area (Å²) in [6, 6.07) is 14.2. The monoisotopic (exact) mass is 395 g/mol. The maximum Gasteiger partial charge on any atom is 0.321 e. The third-order valence-electron chi connectivity index (χ3n) is 4.69. The average Bonchev–Trinajstić information content (AvgIpc) is 3.00. The van der Waals surface area contributed by atoms with Crippen molar-refractivity contribution in [2.75, 3.05) is 31.5 Å². The van der Waals surface area contributed by atoms with Gasteiger partial charge < -0.3 is 20.4 Å². The van der Waals surface area contributed by atoms with Crippen LogP contribution in [0.3, 0.4) is 0 Å². The number of nitrogens with zero attached hydrogens (tertiary/aromatic N) is 3. The summed E-state index contributed by atoms with van der Waals surface area (Å²) in [4.78, 5) is 28.3. The van der Waals surface area contributed by atoms with E-state index in [9.17, 15) is 14.0 Å². The number of amides is 4. The number of benzene rings is 2. The highest BCUT2D eigenvalue weighted by molar-refractivity contribution is 5.89.